The van der Waals surface area contributed by atoms with Gasteiger partial charge < -0.3 is 10.1 Å². The summed E-state index contributed by atoms with van der Waals surface area (Å²) in [6.07, 6.45) is 3.69. The number of fused-ring (bicyclic) bond motifs is 3. The Hall–Kier alpha value is -3.53. The van der Waals surface area contributed by atoms with Gasteiger partial charge in [0.15, 0.2) is 6.61 Å². The highest BCUT2D eigenvalue weighted by atomic mass is 32.1. The van der Waals surface area contributed by atoms with Gasteiger partial charge in [0, 0.05) is 13.0 Å². The summed E-state index contributed by atoms with van der Waals surface area (Å²) < 4.78 is 7.11. The number of anilines is 2. The van der Waals surface area contributed by atoms with Crippen molar-refractivity contribution in [2.75, 3.05) is 16.8 Å². The first-order valence-corrected chi connectivity index (χ1v) is 12.4. The van der Waals surface area contributed by atoms with Crippen LogP contribution in [-0.2, 0) is 27.3 Å². The monoisotopic (exact) mass is 494 g/mol. The van der Waals surface area contributed by atoms with Crippen molar-refractivity contribution in [1.29, 1.82) is 0 Å². The zero-order valence-corrected chi connectivity index (χ0v) is 20.7. The summed E-state index contributed by atoms with van der Waals surface area (Å²) in [5.74, 6) is -0.788. The second-order valence-corrected chi connectivity index (χ2v) is 10.4. The molecule has 2 aromatic heterocycles. The Bertz CT molecular complexity index is 1440. The molecule has 0 fully saturated rings. The molecule has 2 amide bonds. The first-order valence-electron chi connectivity index (χ1n) is 11.6. The summed E-state index contributed by atoms with van der Waals surface area (Å²) in [7, 11) is 0. The molecule has 10 heteroatoms. The molecule has 0 saturated carbocycles. The van der Waals surface area contributed by atoms with Gasteiger partial charge in [-0.2, -0.15) is 0 Å². The van der Waals surface area contributed by atoms with Crippen LogP contribution in [0.1, 0.15) is 54.2 Å². The summed E-state index contributed by atoms with van der Waals surface area (Å²) in [5.41, 5.74) is 0.274. The lowest BCUT2D eigenvalue weighted by Crippen LogP contribution is -2.59. The Kier molecular flexibility index (Phi) is 5.71. The third kappa shape index (κ3) is 3.81. The second kappa shape index (κ2) is 8.60. The average Bonchev–Trinajstić information content (AvgIpc) is 2.99. The number of thiophene rings is 1. The number of aromatic nitrogens is 2. The molecule has 0 saturated heterocycles. The van der Waals surface area contributed by atoms with Crippen LogP contribution in [-0.4, -0.2) is 39.5 Å². The molecule has 3 aromatic rings. The number of hydrogen-bond acceptors (Lipinski definition) is 7. The number of hydrogen-bond donors (Lipinski definition) is 1. The topological polar surface area (TPSA) is 111 Å². The number of carbonyl (C=O) groups excluding carboxylic acids is 3. The fraction of sp³-hybridized carbons (Fsp3) is 0.400. The fourth-order valence-electron chi connectivity index (χ4n) is 4.76. The minimum absolute atomic E-state index is 0.131. The molecule has 35 heavy (non-hydrogen) atoms. The minimum Gasteiger partial charge on any atom is -0.451 e. The summed E-state index contributed by atoms with van der Waals surface area (Å²) in [4.78, 5) is 58.7. The van der Waals surface area contributed by atoms with E-state index < -0.39 is 24.0 Å². The maximum Gasteiger partial charge on any atom is 0.349 e. The summed E-state index contributed by atoms with van der Waals surface area (Å²) in [6.45, 7) is 5.06. The molecule has 5 rings (SSSR count). The Balaban J connectivity index is 1.41. The molecule has 0 spiro atoms. The average molecular weight is 495 g/mol. The maximum atomic E-state index is 13.2. The van der Waals surface area contributed by atoms with Gasteiger partial charge in [-0.1, -0.05) is 18.6 Å². The lowest BCUT2D eigenvalue weighted by atomic mass is 9.96. The van der Waals surface area contributed by atoms with Crippen LogP contribution in [0.4, 0.5) is 11.4 Å². The molecule has 0 atom stereocenters. The van der Waals surface area contributed by atoms with Gasteiger partial charge in [-0.3, -0.25) is 23.9 Å². The molecule has 0 unspecified atom stereocenters. The Morgan fingerprint density at radius 2 is 1.94 bits per heavy atom. The van der Waals surface area contributed by atoms with Gasteiger partial charge in [0.25, 0.3) is 11.5 Å². The first-order chi connectivity index (χ1) is 16.7. The van der Waals surface area contributed by atoms with E-state index in [0.717, 1.165) is 42.8 Å². The Labute approximate surface area is 205 Å². The van der Waals surface area contributed by atoms with E-state index >= 15 is 0 Å². The van der Waals surface area contributed by atoms with Crippen molar-refractivity contribution in [2.24, 2.45) is 0 Å². The number of rotatable bonds is 3. The lowest BCUT2D eigenvalue weighted by Gasteiger charge is -2.41. The number of amides is 2. The molecule has 1 aromatic carbocycles. The zero-order chi connectivity index (χ0) is 24.9. The molecule has 2 aliphatic rings. The molecule has 0 bridgehead atoms. The van der Waals surface area contributed by atoms with E-state index in [0.29, 0.717) is 33.7 Å². The highest BCUT2D eigenvalue weighted by Crippen LogP contribution is 2.37. The van der Waals surface area contributed by atoms with Crippen molar-refractivity contribution in [1.82, 2.24) is 9.55 Å². The maximum absolute atomic E-state index is 13.2. The minimum atomic E-state index is -1.16. The highest BCUT2D eigenvalue weighted by Gasteiger charge is 2.43. The van der Waals surface area contributed by atoms with Crippen LogP contribution < -0.4 is 15.8 Å². The SMILES string of the molecule is Cc1c(C(=O)OCC(=O)N2c3ccccc3NC(=O)C2(C)C)sc2nc3n(c(=O)c12)CCCCC3. The standard InChI is InChI=1S/C25H26N4O5S/c1-14-19-21(27-17-11-5-4-8-12-28(17)22(19)31)35-20(14)23(32)34-13-18(30)29-16-10-7-6-9-15(16)26-24(33)25(29,2)3/h6-7,9-10H,4-5,8,11-13H2,1-3H3,(H,26,33). The van der Waals surface area contributed by atoms with Crippen LogP contribution >= 0.6 is 11.3 Å². The van der Waals surface area contributed by atoms with E-state index in [9.17, 15) is 19.2 Å². The second-order valence-electron chi connectivity index (χ2n) is 9.37. The number of benzene rings is 1. The van der Waals surface area contributed by atoms with Gasteiger partial charge >= 0.3 is 5.97 Å². The summed E-state index contributed by atoms with van der Waals surface area (Å²) in [5, 5.41) is 3.24. The van der Waals surface area contributed by atoms with Crippen molar-refractivity contribution >= 4 is 50.7 Å². The van der Waals surface area contributed by atoms with Gasteiger partial charge in [-0.25, -0.2) is 9.78 Å². The van der Waals surface area contributed by atoms with Gasteiger partial charge in [0.2, 0.25) is 5.91 Å². The first kappa shape index (κ1) is 23.2. The van der Waals surface area contributed by atoms with Crippen LogP contribution in [0.25, 0.3) is 10.2 Å². The van der Waals surface area contributed by atoms with Crippen LogP contribution in [0.15, 0.2) is 29.1 Å². The quantitative estimate of drug-likeness (QED) is 0.559. The van der Waals surface area contributed by atoms with Crippen molar-refractivity contribution in [2.45, 2.75) is 58.5 Å². The number of carbonyl (C=O) groups is 3. The molecule has 9 nitrogen and oxygen atoms in total. The lowest BCUT2D eigenvalue weighted by molar-refractivity contribution is -0.128. The van der Waals surface area contributed by atoms with E-state index in [-0.39, 0.29) is 16.3 Å². The number of aryl methyl sites for hydroxylation is 2. The molecular formula is C25H26N4O5S. The predicted octanol–water partition coefficient (Wildman–Crippen LogP) is 3.41. The van der Waals surface area contributed by atoms with Gasteiger partial charge in [-0.15, -0.1) is 11.3 Å². The third-order valence-electron chi connectivity index (χ3n) is 6.68. The van der Waals surface area contributed by atoms with Gasteiger partial charge in [0.1, 0.15) is 21.1 Å². The Morgan fingerprint density at radius 3 is 2.74 bits per heavy atom. The number of nitrogens with one attached hydrogen (secondary N) is 1. The van der Waals surface area contributed by atoms with Crippen LogP contribution in [0.2, 0.25) is 0 Å². The van der Waals surface area contributed by atoms with Crippen molar-refractivity contribution in [3.8, 4) is 0 Å². The number of ether oxygens (including phenoxy) is 1. The van der Waals surface area contributed by atoms with Crippen molar-refractivity contribution < 1.29 is 19.1 Å². The summed E-state index contributed by atoms with van der Waals surface area (Å²) >= 11 is 1.11. The van der Waals surface area contributed by atoms with Gasteiger partial charge in [-0.05, 0) is 51.3 Å². The normalized spacial score (nSPS) is 16.8. The van der Waals surface area contributed by atoms with Crippen LogP contribution in [0.3, 0.4) is 0 Å². The van der Waals surface area contributed by atoms with Gasteiger partial charge in [0.05, 0.1) is 16.8 Å². The molecule has 0 aliphatic carbocycles. The van der Waals surface area contributed by atoms with E-state index in [1.807, 2.05) is 0 Å². The molecule has 0 radical (unpaired) electrons. The van der Waals surface area contributed by atoms with E-state index in [1.54, 1.807) is 49.6 Å². The number of nitrogens with zero attached hydrogens (tertiary/aromatic N) is 3. The van der Waals surface area contributed by atoms with Crippen LogP contribution in [0, 0.1) is 6.92 Å². The number of para-hydroxylation sites is 2. The highest BCUT2D eigenvalue weighted by molar-refractivity contribution is 7.20. The molecule has 4 heterocycles. The molecule has 1 N–H and O–H groups in total. The zero-order valence-electron chi connectivity index (χ0n) is 19.8. The third-order valence-corrected chi connectivity index (χ3v) is 7.85. The summed E-state index contributed by atoms with van der Waals surface area (Å²) in [6, 6.07) is 6.98. The largest absolute Gasteiger partial charge is 0.451 e. The smallest absolute Gasteiger partial charge is 0.349 e. The van der Waals surface area contributed by atoms with Crippen LogP contribution in [0.5, 0.6) is 0 Å². The Morgan fingerprint density at radius 1 is 1.17 bits per heavy atom. The fourth-order valence-corrected chi connectivity index (χ4v) is 5.84. The molecule has 2 aliphatic heterocycles. The molecule has 182 valence electrons. The number of esters is 1. The van der Waals surface area contributed by atoms with E-state index in [1.165, 1.54) is 4.90 Å². The van der Waals surface area contributed by atoms with Crippen molar-refractivity contribution in [3.63, 3.8) is 0 Å². The van der Waals surface area contributed by atoms with E-state index in [2.05, 4.69) is 10.3 Å². The van der Waals surface area contributed by atoms with E-state index in [4.69, 9.17) is 4.74 Å². The molecular weight excluding hydrogens is 468 g/mol. The predicted molar refractivity (Wildman–Crippen MR) is 133 cm³/mol. The van der Waals surface area contributed by atoms with Crippen molar-refractivity contribution in [3.05, 3.63) is 50.9 Å².